The van der Waals surface area contributed by atoms with Crippen LogP contribution in [0, 0.1) is 0 Å². The fourth-order valence-corrected chi connectivity index (χ4v) is 2.39. The summed E-state index contributed by atoms with van der Waals surface area (Å²) < 4.78 is 10.4. The maximum absolute atomic E-state index is 12.0. The zero-order valence-corrected chi connectivity index (χ0v) is 13.2. The fraction of sp³-hybridized carbons (Fsp3) is 0.158. The quantitative estimate of drug-likeness (QED) is 0.730. The van der Waals surface area contributed by atoms with E-state index < -0.39 is 5.97 Å². The molecule has 122 valence electrons. The number of hydrogen-bond donors (Lipinski definition) is 1. The number of para-hydroxylation sites is 1. The van der Waals surface area contributed by atoms with Crippen LogP contribution in [0.5, 0.6) is 0 Å². The van der Waals surface area contributed by atoms with E-state index in [4.69, 9.17) is 9.15 Å². The second-order valence-electron chi connectivity index (χ2n) is 5.42. The number of hydrogen-bond acceptors (Lipinski definition) is 4. The lowest BCUT2D eigenvalue weighted by Gasteiger charge is -2.14. The van der Waals surface area contributed by atoms with Crippen LogP contribution in [0.4, 0.5) is 0 Å². The molecule has 1 amide bonds. The van der Waals surface area contributed by atoms with Crippen LogP contribution in [0.2, 0.25) is 0 Å². The Morgan fingerprint density at radius 2 is 1.79 bits per heavy atom. The van der Waals surface area contributed by atoms with Gasteiger partial charge < -0.3 is 14.5 Å². The summed E-state index contributed by atoms with van der Waals surface area (Å²) in [7, 11) is 0. The molecule has 0 aliphatic carbocycles. The lowest BCUT2D eigenvalue weighted by Crippen LogP contribution is -2.31. The number of benzene rings is 2. The molecule has 0 bridgehead atoms. The number of amides is 1. The summed E-state index contributed by atoms with van der Waals surface area (Å²) in [6, 6.07) is 18.3. The monoisotopic (exact) mass is 323 g/mol. The van der Waals surface area contributed by atoms with Crippen molar-refractivity contribution in [1.29, 1.82) is 0 Å². The maximum atomic E-state index is 12.0. The lowest BCUT2D eigenvalue weighted by atomic mass is 10.1. The largest absolute Gasteiger partial charge is 0.450 e. The third-order valence-corrected chi connectivity index (χ3v) is 3.64. The summed E-state index contributed by atoms with van der Waals surface area (Å²) in [5.41, 5.74) is 1.58. The van der Waals surface area contributed by atoms with Crippen molar-refractivity contribution in [2.45, 2.75) is 13.0 Å². The summed E-state index contributed by atoms with van der Waals surface area (Å²) in [5.74, 6) is -0.940. The van der Waals surface area contributed by atoms with Gasteiger partial charge in [-0.05, 0) is 24.6 Å². The van der Waals surface area contributed by atoms with Crippen molar-refractivity contribution in [3.05, 3.63) is 72.0 Å². The lowest BCUT2D eigenvalue weighted by molar-refractivity contribution is -0.124. The Kier molecular flexibility index (Phi) is 4.61. The molecule has 0 saturated carbocycles. The number of fused-ring (bicyclic) bond motifs is 1. The van der Waals surface area contributed by atoms with Crippen LogP contribution >= 0.6 is 0 Å². The minimum Gasteiger partial charge on any atom is -0.450 e. The molecular formula is C19H17NO4. The Bertz CT molecular complexity index is 821. The molecule has 1 atom stereocenters. The summed E-state index contributed by atoms with van der Waals surface area (Å²) in [6.07, 6.45) is 0. The molecule has 1 aromatic heterocycles. The van der Waals surface area contributed by atoms with Crippen molar-refractivity contribution >= 4 is 22.8 Å². The summed E-state index contributed by atoms with van der Waals surface area (Å²) in [6.45, 7) is 1.52. The van der Waals surface area contributed by atoms with Gasteiger partial charge >= 0.3 is 5.97 Å². The third-order valence-electron chi connectivity index (χ3n) is 3.64. The van der Waals surface area contributed by atoms with Crippen LogP contribution in [0.1, 0.15) is 29.1 Å². The van der Waals surface area contributed by atoms with Gasteiger partial charge in [0.25, 0.3) is 5.91 Å². The maximum Gasteiger partial charge on any atom is 0.374 e. The molecule has 3 aromatic rings. The molecule has 1 N–H and O–H groups in total. The predicted octanol–water partition coefficient (Wildman–Crippen LogP) is 3.47. The van der Waals surface area contributed by atoms with E-state index in [-0.39, 0.29) is 24.3 Å². The first-order chi connectivity index (χ1) is 11.6. The van der Waals surface area contributed by atoms with Gasteiger partial charge in [0.15, 0.2) is 6.61 Å². The average molecular weight is 323 g/mol. The SMILES string of the molecule is CC(NC(=O)COC(=O)c1cc2ccccc2o1)c1ccccc1. The molecule has 0 aliphatic rings. The smallest absolute Gasteiger partial charge is 0.374 e. The molecule has 0 radical (unpaired) electrons. The van der Waals surface area contributed by atoms with Crippen molar-refractivity contribution in [3.8, 4) is 0 Å². The second-order valence-corrected chi connectivity index (χ2v) is 5.42. The van der Waals surface area contributed by atoms with Gasteiger partial charge in [0.1, 0.15) is 5.58 Å². The van der Waals surface area contributed by atoms with Gasteiger partial charge in [-0.25, -0.2) is 4.79 Å². The Balaban J connectivity index is 1.55. The molecule has 24 heavy (non-hydrogen) atoms. The van der Waals surface area contributed by atoms with Crippen molar-refractivity contribution in [2.75, 3.05) is 6.61 Å². The summed E-state index contributed by atoms with van der Waals surface area (Å²) >= 11 is 0. The molecular weight excluding hydrogens is 306 g/mol. The van der Waals surface area contributed by atoms with Crippen molar-refractivity contribution < 1.29 is 18.7 Å². The molecule has 1 heterocycles. The van der Waals surface area contributed by atoms with Gasteiger partial charge in [0, 0.05) is 5.39 Å². The second kappa shape index (κ2) is 7.00. The van der Waals surface area contributed by atoms with Gasteiger partial charge in [-0.1, -0.05) is 48.5 Å². The van der Waals surface area contributed by atoms with E-state index in [1.165, 1.54) is 0 Å². The van der Waals surface area contributed by atoms with Gasteiger partial charge in [-0.15, -0.1) is 0 Å². The van der Waals surface area contributed by atoms with E-state index in [0.717, 1.165) is 10.9 Å². The highest BCUT2D eigenvalue weighted by Gasteiger charge is 2.16. The molecule has 5 nitrogen and oxygen atoms in total. The van der Waals surface area contributed by atoms with Crippen LogP contribution in [0.15, 0.2) is 65.1 Å². The van der Waals surface area contributed by atoms with Crippen LogP contribution < -0.4 is 5.32 Å². The molecule has 3 rings (SSSR count). The van der Waals surface area contributed by atoms with Crippen LogP contribution in [-0.2, 0) is 9.53 Å². The Labute approximate surface area is 139 Å². The van der Waals surface area contributed by atoms with Crippen molar-refractivity contribution in [3.63, 3.8) is 0 Å². The molecule has 5 heteroatoms. The molecule has 2 aromatic carbocycles. The number of carbonyl (C=O) groups is 2. The number of rotatable bonds is 5. The van der Waals surface area contributed by atoms with E-state index in [1.807, 2.05) is 55.5 Å². The van der Waals surface area contributed by atoms with Crippen molar-refractivity contribution in [2.24, 2.45) is 0 Å². The van der Waals surface area contributed by atoms with Crippen molar-refractivity contribution in [1.82, 2.24) is 5.32 Å². The highest BCUT2D eigenvalue weighted by atomic mass is 16.5. The molecule has 0 saturated heterocycles. The minimum absolute atomic E-state index is 0.0834. The predicted molar refractivity (Wildman–Crippen MR) is 89.5 cm³/mol. The summed E-state index contributed by atoms with van der Waals surface area (Å²) in [4.78, 5) is 23.9. The summed E-state index contributed by atoms with van der Waals surface area (Å²) in [5, 5.41) is 3.59. The van der Waals surface area contributed by atoms with Crippen LogP contribution in [-0.4, -0.2) is 18.5 Å². The number of furan rings is 1. The minimum atomic E-state index is -0.659. The molecule has 0 spiro atoms. The molecule has 1 unspecified atom stereocenters. The van der Waals surface area contributed by atoms with Crippen LogP contribution in [0.3, 0.4) is 0 Å². The topological polar surface area (TPSA) is 68.5 Å². The van der Waals surface area contributed by atoms with E-state index >= 15 is 0 Å². The van der Waals surface area contributed by atoms with E-state index in [0.29, 0.717) is 5.58 Å². The molecule has 0 fully saturated rings. The zero-order valence-electron chi connectivity index (χ0n) is 13.2. The Morgan fingerprint density at radius 3 is 2.54 bits per heavy atom. The first-order valence-corrected chi connectivity index (χ1v) is 7.63. The van der Waals surface area contributed by atoms with E-state index in [1.54, 1.807) is 12.1 Å². The first kappa shape index (κ1) is 15.8. The van der Waals surface area contributed by atoms with E-state index in [9.17, 15) is 9.59 Å². The number of ether oxygens (including phenoxy) is 1. The zero-order chi connectivity index (χ0) is 16.9. The molecule has 0 aliphatic heterocycles. The number of carbonyl (C=O) groups excluding carboxylic acids is 2. The van der Waals surface area contributed by atoms with Crippen LogP contribution in [0.25, 0.3) is 11.0 Å². The highest BCUT2D eigenvalue weighted by Crippen LogP contribution is 2.19. The standard InChI is InChI=1S/C19H17NO4/c1-13(14-7-3-2-4-8-14)20-18(21)12-23-19(22)17-11-15-9-5-6-10-16(15)24-17/h2-11,13H,12H2,1H3,(H,20,21). The number of esters is 1. The normalized spacial score (nSPS) is 11.9. The Hall–Kier alpha value is -3.08. The van der Waals surface area contributed by atoms with Gasteiger partial charge in [0.05, 0.1) is 6.04 Å². The first-order valence-electron chi connectivity index (χ1n) is 7.63. The van der Waals surface area contributed by atoms with Gasteiger partial charge in [0.2, 0.25) is 5.76 Å². The highest BCUT2D eigenvalue weighted by molar-refractivity contribution is 5.93. The Morgan fingerprint density at radius 1 is 1.08 bits per heavy atom. The fourth-order valence-electron chi connectivity index (χ4n) is 2.39. The van der Waals surface area contributed by atoms with E-state index in [2.05, 4.69) is 5.32 Å². The van der Waals surface area contributed by atoms with Gasteiger partial charge in [-0.2, -0.15) is 0 Å². The third kappa shape index (κ3) is 3.63. The average Bonchev–Trinajstić information content (AvgIpc) is 3.04. The number of nitrogens with one attached hydrogen (secondary N) is 1. The van der Waals surface area contributed by atoms with Gasteiger partial charge in [-0.3, -0.25) is 4.79 Å².